The van der Waals surface area contributed by atoms with Gasteiger partial charge in [0.2, 0.25) is 0 Å². The Morgan fingerprint density at radius 2 is 2.09 bits per heavy atom. The van der Waals surface area contributed by atoms with Gasteiger partial charge in [0.15, 0.2) is 0 Å². The molecule has 0 aliphatic carbocycles. The highest BCUT2D eigenvalue weighted by atomic mass is 16.4. The third kappa shape index (κ3) is 2.39. The van der Waals surface area contributed by atoms with Crippen LogP contribution in [0.2, 0.25) is 0 Å². The standard InChI is InChI=1S/C9H13BO/c1-3-11-10-9-7-5-4-6-8(9)2/h4-7,10H,3H2,1-2H3. The highest BCUT2D eigenvalue weighted by Crippen LogP contribution is 1.91. The Labute approximate surface area is 68.7 Å². The van der Waals surface area contributed by atoms with E-state index in [-0.39, 0.29) is 0 Å². The van der Waals surface area contributed by atoms with Crippen molar-refractivity contribution in [1.82, 2.24) is 0 Å². The average molecular weight is 148 g/mol. The van der Waals surface area contributed by atoms with Crippen LogP contribution in [0.15, 0.2) is 24.3 Å². The van der Waals surface area contributed by atoms with E-state index in [2.05, 4.69) is 19.1 Å². The SMILES string of the molecule is CCOBc1ccccc1C. The highest BCUT2D eigenvalue weighted by Gasteiger charge is 1.97. The van der Waals surface area contributed by atoms with Gasteiger partial charge >= 0.3 is 7.48 Å². The number of hydrogen-bond acceptors (Lipinski definition) is 1. The first-order chi connectivity index (χ1) is 5.34. The van der Waals surface area contributed by atoms with E-state index in [1.165, 1.54) is 11.0 Å². The number of hydrogen-bond donors (Lipinski definition) is 0. The highest BCUT2D eigenvalue weighted by molar-refractivity contribution is 6.47. The molecule has 0 unspecified atom stereocenters. The van der Waals surface area contributed by atoms with Crippen LogP contribution in [-0.4, -0.2) is 14.1 Å². The largest absolute Gasteiger partial charge is 0.435 e. The van der Waals surface area contributed by atoms with Crippen LogP contribution in [0.3, 0.4) is 0 Å². The molecule has 0 spiro atoms. The second-order valence-corrected chi connectivity index (χ2v) is 2.56. The minimum absolute atomic E-state index is 0.739. The van der Waals surface area contributed by atoms with Crippen LogP contribution in [0.1, 0.15) is 12.5 Å². The summed E-state index contributed by atoms with van der Waals surface area (Å²) in [6.45, 7) is 4.90. The zero-order chi connectivity index (χ0) is 8.10. The van der Waals surface area contributed by atoms with Gasteiger partial charge in [0.25, 0.3) is 0 Å². The molecule has 0 amide bonds. The topological polar surface area (TPSA) is 9.23 Å². The molecule has 11 heavy (non-hydrogen) atoms. The maximum atomic E-state index is 5.30. The van der Waals surface area contributed by atoms with Gasteiger partial charge in [0, 0.05) is 6.61 Å². The number of benzene rings is 1. The molecule has 0 atom stereocenters. The van der Waals surface area contributed by atoms with Crippen LogP contribution >= 0.6 is 0 Å². The van der Waals surface area contributed by atoms with Gasteiger partial charge in [0.1, 0.15) is 0 Å². The molecule has 58 valence electrons. The molecule has 1 aromatic rings. The van der Waals surface area contributed by atoms with E-state index in [9.17, 15) is 0 Å². The summed E-state index contributed by atoms with van der Waals surface area (Å²) in [6, 6.07) is 8.30. The summed E-state index contributed by atoms with van der Waals surface area (Å²) >= 11 is 0. The lowest BCUT2D eigenvalue weighted by Gasteiger charge is -2.02. The zero-order valence-corrected chi connectivity index (χ0v) is 7.13. The van der Waals surface area contributed by atoms with Crippen LogP contribution in [0.25, 0.3) is 0 Å². The van der Waals surface area contributed by atoms with Crippen molar-refractivity contribution in [2.45, 2.75) is 13.8 Å². The van der Waals surface area contributed by atoms with Crippen molar-refractivity contribution in [1.29, 1.82) is 0 Å². The molecule has 0 bridgehead atoms. The Kier molecular flexibility index (Phi) is 3.18. The summed E-state index contributed by atoms with van der Waals surface area (Å²) in [4.78, 5) is 0. The molecule has 0 aliphatic heterocycles. The molecule has 1 aromatic carbocycles. The smallest absolute Gasteiger partial charge is 0.308 e. The summed E-state index contributed by atoms with van der Waals surface area (Å²) in [5.41, 5.74) is 2.59. The molecule has 0 N–H and O–H groups in total. The predicted octanol–water partition coefficient (Wildman–Crippen LogP) is 1.01. The Hall–Kier alpha value is -0.755. The second-order valence-electron chi connectivity index (χ2n) is 2.56. The van der Waals surface area contributed by atoms with Crippen molar-refractivity contribution in [3.8, 4) is 0 Å². The van der Waals surface area contributed by atoms with Crippen LogP contribution < -0.4 is 5.46 Å². The Morgan fingerprint density at radius 1 is 1.36 bits per heavy atom. The predicted molar refractivity (Wildman–Crippen MR) is 49.6 cm³/mol. The summed E-state index contributed by atoms with van der Waals surface area (Å²) in [6.07, 6.45) is 0. The zero-order valence-electron chi connectivity index (χ0n) is 7.13. The van der Waals surface area contributed by atoms with Crippen LogP contribution in [0, 0.1) is 6.92 Å². The average Bonchev–Trinajstić information content (AvgIpc) is 2.03. The van der Waals surface area contributed by atoms with E-state index in [0.717, 1.165) is 14.1 Å². The van der Waals surface area contributed by atoms with Crippen molar-refractivity contribution in [2.24, 2.45) is 0 Å². The summed E-state index contributed by atoms with van der Waals surface area (Å²) < 4.78 is 5.30. The molecule has 0 saturated heterocycles. The van der Waals surface area contributed by atoms with Gasteiger partial charge in [-0.1, -0.05) is 29.8 Å². The maximum absolute atomic E-state index is 5.30. The van der Waals surface area contributed by atoms with Crippen LogP contribution in [0.4, 0.5) is 0 Å². The molecule has 0 fully saturated rings. The lowest BCUT2D eigenvalue weighted by molar-refractivity contribution is 0.367. The molecule has 0 heterocycles. The molecule has 0 radical (unpaired) electrons. The van der Waals surface area contributed by atoms with Crippen molar-refractivity contribution < 1.29 is 4.65 Å². The fourth-order valence-corrected chi connectivity index (χ4v) is 0.984. The lowest BCUT2D eigenvalue weighted by Crippen LogP contribution is -2.19. The summed E-state index contributed by atoms with van der Waals surface area (Å²) in [7, 11) is 0.739. The third-order valence-electron chi connectivity index (χ3n) is 1.72. The van der Waals surface area contributed by atoms with E-state index in [4.69, 9.17) is 4.65 Å². The fraction of sp³-hybridized carbons (Fsp3) is 0.333. The van der Waals surface area contributed by atoms with Crippen molar-refractivity contribution in [3.63, 3.8) is 0 Å². The van der Waals surface area contributed by atoms with Crippen LogP contribution in [0.5, 0.6) is 0 Å². The van der Waals surface area contributed by atoms with Crippen molar-refractivity contribution >= 4 is 12.9 Å². The molecule has 1 rings (SSSR count). The molecule has 0 saturated carbocycles. The van der Waals surface area contributed by atoms with E-state index in [0.29, 0.717) is 0 Å². The molecule has 1 nitrogen and oxygen atoms in total. The first-order valence-corrected chi connectivity index (χ1v) is 3.97. The lowest BCUT2D eigenvalue weighted by atomic mass is 9.84. The Morgan fingerprint density at radius 3 is 2.73 bits per heavy atom. The Bertz CT molecular complexity index is 223. The van der Waals surface area contributed by atoms with E-state index >= 15 is 0 Å². The minimum Gasteiger partial charge on any atom is -0.435 e. The monoisotopic (exact) mass is 148 g/mol. The minimum atomic E-state index is 0.739. The normalized spacial score (nSPS) is 9.64. The molecule has 0 aromatic heterocycles. The van der Waals surface area contributed by atoms with Gasteiger partial charge in [0.05, 0.1) is 0 Å². The third-order valence-corrected chi connectivity index (χ3v) is 1.72. The van der Waals surface area contributed by atoms with Crippen LogP contribution in [-0.2, 0) is 4.65 Å². The summed E-state index contributed by atoms with van der Waals surface area (Å²) in [5, 5.41) is 0. The first-order valence-electron chi connectivity index (χ1n) is 3.97. The molecule has 2 heteroatoms. The number of rotatable bonds is 3. The van der Waals surface area contributed by atoms with Crippen molar-refractivity contribution in [2.75, 3.05) is 6.61 Å². The van der Waals surface area contributed by atoms with E-state index in [1.54, 1.807) is 0 Å². The first kappa shape index (κ1) is 8.34. The van der Waals surface area contributed by atoms with Gasteiger partial charge in [-0.15, -0.1) is 0 Å². The number of aryl methyl sites for hydroxylation is 1. The van der Waals surface area contributed by atoms with E-state index in [1.807, 2.05) is 19.1 Å². The Balaban J connectivity index is 2.62. The summed E-state index contributed by atoms with van der Waals surface area (Å²) in [5.74, 6) is 0. The second kappa shape index (κ2) is 4.19. The van der Waals surface area contributed by atoms with Gasteiger partial charge < -0.3 is 4.65 Å². The molecular formula is C9H13BO. The van der Waals surface area contributed by atoms with Gasteiger partial charge in [-0.25, -0.2) is 0 Å². The van der Waals surface area contributed by atoms with Gasteiger partial charge in [-0.3, -0.25) is 0 Å². The molecular weight excluding hydrogens is 135 g/mol. The fourth-order valence-electron chi connectivity index (χ4n) is 0.984. The van der Waals surface area contributed by atoms with E-state index < -0.39 is 0 Å². The van der Waals surface area contributed by atoms with Gasteiger partial charge in [-0.05, 0) is 19.3 Å². The quantitative estimate of drug-likeness (QED) is 0.581. The maximum Gasteiger partial charge on any atom is 0.308 e. The molecule has 0 aliphatic rings. The van der Waals surface area contributed by atoms with Crippen molar-refractivity contribution in [3.05, 3.63) is 29.8 Å². The van der Waals surface area contributed by atoms with Gasteiger partial charge in [-0.2, -0.15) is 0 Å².